The smallest absolute Gasteiger partial charge is 0.387 e. The number of rotatable bonds is 8. The Morgan fingerprint density at radius 1 is 1.24 bits per heavy atom. The zero-order chi connectivity index (χ0) is 24.2. The number of hydrogen-bond donors (Lipinski definition) is 1. The van der Waals surface area contributed by atoms with Crippen molar-refractivity contribution >= 4 is 27.6 Å². The lowest BCUT2D eigenvalue weighted by molar-refractivity contribution is -0.152. The number of alkyl halides is 2. The Hall–Kier alpha value is -3.06. The fourth-order valence-electron chi connectivity index (χ4n) is 3.32. The molecule has 10 nitrogen and oxygen atoms in total. The molecule has 1 aromatic heterocycles. The third-order valence-corrected chi connectivity index (χ3v) is 6.97. The highest BCUT2D eigenvalue weighted by Gasteiger charge is 2.34. The van der Waals surface area contributed by atoms with E-state index in [2.05, 4.69) is 15.0 Å². The van der Waals surface area contributed by atoms with Crippen molar-refractivity contribution in [1.29, 1.82) is 0 Å². The van der Waals surface area contributed by atoms with Gasteiger partial charge in [0.25, 0.3) is 15.9 Å². The summed E-state index contributed by atoms with van der Waals surface area (Å²) in [6, 6.07) is 5.63. The number of hydrogen-bond acceptors (Lipinski definition) is 7. The molecule has 1 aliphatic rings. The van der Waals surface area contributed by atoms with Gasteiger partial charge in [0.1, 0.15) is 11.6 Å². The maximum atomic E-state index is 12.7. The third kappa shape index (κ3) is 6.05. The Morgan fingerprint density at radius 3 is 2.52 bits per heavy atom. The number of ether oxygens (including phenoxy) is 2. The molecule has 2 heterocycles. The summed E-state index contributed by atoms with van der Waals surface area (Å²) in [6.07, 6.45) is 1.90. The third-order valence-electron chi connectivity index (χ3n) is 5.20. The van der Waals surface area contributed by atoms with E-state index in [1.807, 2.05) is 0 Å². The van der Waals surface area contributed by atoms with Gasteiger partial charge >= 0.3 is 12.6 Å². The molecular formula is C20H24F2N4O6S. The Bertz CT molecular complexity index is 1090. The van der Waals surface area contributed by atoms with Gasteiger partial charge in [-0.3, -0.25) is 9.59 Å². The highest BCUT2D eigenvalue weighted by Crippen LogP contribution is 2.26. The number of carbonyl (C=O) groups excluding carboxylic acids is 2. The SMILES string of the molecule is Cc1nc(S(=O)(=O)N2CCC(C(=O)OCC(=O)Nc3ccccc3OC(F)F)CC2)cn1C. The van der Waals surface area contributed by atoms with Gasteiger partial charge < -0.3 is 19.4 Å². The van der Waals surface area contributed by atoms with Gasteiger partial charge in [0.2, 0.25) is 0 Å². The molecule has 33 heavy (non-hydrogen) atoms. The molecule has 1 fully saturated rings. The van der Waals surface area contributed by atoms with E-state index in [9.17, 15) is 26.8 Å². The number of piperidine rings is 1. The molecule has 3 rings (SSSR count). The fourth-order valence-corrected chi connectivity index (χ4v) is 4.82. The van der Waals surface area contributed by atoms with E-state index in [4.69, 9.17) is 4.74 Å². The second kappa shape index (κ2) is 10.3. The molecule has 180 valence electrons. The molecule has 1 amide bonds. The summed E-state index contributed by atoms with van der Waals surface area (Å²) in [4.78, 5) is 28.5. The van der Waals surface area contributed by atoms with Gasteiger partial charge in [-0.1, -0.05) is 12.1 Å². The average molecular weight is 486 g/mol. The first-order valence-corrected chi connectivity index (χ1v) is 11.5. The van der Waals surface area contributed by atoms with E-state index in [1.54, 1.807) is 18.5 Å². The number of carbonyl (C=O) groups is 2. The second-order valence-corrected chi connectivity index (χ2v) is 9.33. The van der Waals surface area contributed by atoms with E-state index in [-0.39, 0.29) is 42.4 Å². The van der Waals surface area contributed by atoms with E-state index in [0.717, 1.165) is 0 Å². The Balaban J connectivity index is 1.49. The zero-order valence-corrected chi connectivity index (χ0v) is 18.8. The molecule has 0 aliphatic carbocycles. The van der Waals surface area contributed by atoms with Gasteiger partial charge in [-0.15, -0.1) is 0 Å². The molecule has 13 heteroatoms. The summed E-state index contributed by atoms with van der Waals surface area (Å²) >= 11 is 0. The van der Waals surface area contributed by atoms with Crippen LogP contribution in [0.2, 0.25) is 0 Å². The minimum absolute atomic E-state index is 0.0159. The largest absolute Gasteiger partial charge is 0.455 e. The van der Waals surface area contributed by atoms with Crippen molar-refractivity contribution in [3.63, 3.8) is 0 Å². The fraction of sp³-hybridized carbons (Fsp3) is 0.450. The van der Waals surface area contributed by atoms with Crippen LogP contribution in [-0.2, 0) is 31.4 Å². The predicted molar refractivity (Wildman–Crippen MR) is 112 cm³/mol. The number of amides is 1. The molecule has 0 spiro atoms. The van der Waals surface area contributed by atoms with E-state index in [1.165, 1.54) is 34.8 Å². The number of aryl methyl sites for hydroxylation is 2. The standard InChI is InChI=1S/C20H24F2N4O6S/c1-13-23-18(11-25(13)2)33(29,30)26-9-7-14(8-10-26)19(28)31-12-17(27)24-15-5-3-4-6-16(15)32-20(21)22/h3-6,11,14,20H,7-10,12H2,1-2H3,(H,24,27). The van der Waals surface area contributed by atoms with Crippen LogP contribution in [0.1, 0.15) is 18.7 Å². The monoisotopic (exact) mass is 486 g/mol. The first kappa shape index (κ1) is 24.6. The van der Waals surface area contributed by atoms with Crippen LogP contribution in [0.4, 0.5) is 14.5 Å². The Labute approximate surface area is 189 Å². The molecule has 1 N–H and O–H groups in total. The summed E-state index contributed by atoms with van der Waals surface area (Å²) < 4.78 is 62.6. The van der Waals surface area contributed by atoms with Crippen LogP contribution in [0.15, 0.2) is 35.5 Å². The van der Waals surface area contributed by atoms with Crippen LogP contribution in [0.5, 0.6) is 5.75 Å². The lowest BCUT2D eigenvalue weighted by atomic mass is 9.98. The number of halogens is 2. The summed E-state index contributed by atoms with van der Waals surface area (Å²) in [7, 11) is -2.07. The van der Waals surface area contributed by atoms with Gasteiger partial charge in [0.15, 0.2) is 11.6 Å². The molecule has 0 atom stereocenters. The van der Waals surface area contributed by atoms with Crippen LogP contribution in [0, 0.1) is 12.8 Å². The van der Waals surface area contributed by atoms with Crippen LogP contribution < -0.4 is 10.1 Å². The van der Waals surface area contributed by atoms with Crippen molar-refractivity contribution in [3.8, 4) is 5.75 Å². The maximum Gasteiger partial charge on any atom is 0.387 e. The molecular weight excluding hydrogens is 462 g/mol. The quantitative estimate of drug-likeness (QED) is 0.566. The van der Waals surface area contributed by atoms with Crippen molar-refractivity contribution in [2.75, 3.05) is 25.0 Å². The number of benzene rings is 1. The molecule has 1 aromatic carbocycles. The molecule has 1 saturated heterocycles. The van der Waals surface area contributed by atoms with Crippen molar-refractivity contribution < 1.29 is 36.3 Å². The summed E-state index contributed by atoms with van der Waals surface area (Å²) in [5.41, 5.74) is 0.0159. The van der Waals surface area contributed by atoms with Gasteiger partial charge in [-0.25, -0.2) is 13.4 Å². The number of nitrogens with one attached hydrogen (secondary N) is 1. The average Bonchev–Trinajstić information content (AvgIpc) is 3.12. The highest BCUT2D eigenvalue weighted by molar-refractivity contribution is 7.89. The molecule has 0 unspecified atom stereocenters. The number of nitrogens with zero attached hydrogens (tertiary/aromatic N) is 3. The lowest BCUT2D eigenvalue weighted by Crippen LogP contribution is -2.41. The molecule has 2 aromatic rings. The van der Waals surface area contributed by atoms with Gasteiger partial charge in [0, 0.05) is 26.3 Å². The first-order chi connectivity index (χ1) is 15.6. The van der Waals surface area contributed by atoms with Crippen molar-refractivity contribution in [2.24, 2.45) is 13.0 Å². The highest BCUT2D eigenvalue weighted by atomic mass is 32.2. The number of esters is 1. The molecule has 0 saturated carbocycles. The van der Waals surface area contributed by atoms with Gasteiger partial charge in [0.05, 0.1) is 11.6 Å². The second-order valence-electron chi connectivity index (χ2n) is 7.45. The Morgan fingerprint density at radius 2 is 1.91 bits per heavy atom. The number of sulfonamides is 1. The first-order valence-electron chi connectivity index (χ1n) is 10.1. The minimum atomic E-state index is -3.77. The number of imidazole rings is 1. The summed E-state index contributed by atoms with van der Waals surface area (Å²) in [6.45, 7) is -1.75. The van der Waals surface area contributed by atoms with E-state index >= 15 is 0 Å². The zero-order valence-electron chi connectivity index (χ0n) is 18.0. The van der Waals surface area contributed by atoms with E-state index < -0.39 is 41.0 Å². The Kier molecular flexibility index (Phi) is 7.64. The summed E-state index contributed by atoms with van der Waals surface area (Å²) in [5.74, 6) is -1.58. The van der Waals surface area contributed by atoms with Crippen LogP contribution in [0.25, 0.3) is 0 Å². The van der Waals surface area contributed by atoms with Crippen LogP contribution in [-0.4, -0.2) is 60.5 Å². The van der Waals surface area contributed by atoms with E-state index in [0.29, 0.717) is 5.82 Å². The number of para-hydroxylation sites is 2. The number of anilines is 1. The summed E-state index contributed by atoms with van der Waals surface area (Å²) in [5, 5.41) is 2.31. The van der Waals surface area contributed by atoms with Crippen LogP contribution >= 0.6 is 0 Å². The lowest BCUT2D eigenvalue weighted by Gasteiger charge is -2.29. The van der Waals surface area contributed by atoms with Crippen molar-refractivity contribution in [1.82, 2.24) is 13.9 Å². The molecule has 0 bridgehead atoms. The topological polar surface area (TPSA) is 120 Å². The van der Waals surface area contributed by atoms with Crippen molar-refractivity contribution in [2.45, 2.75) is 31.4 Å². The predicted octanol–water partition coefficient (Wildman–Crippen LogP) is 1.91. The van der Waals surface area contributed by atoms with Crippen molar-refractivity contribution in [3.05, 3.63) is 36.3 Å². The van der Waals surface area contributed by atoms with Crippen LogP contribution in [0.3, 0.4) is 0 Å². The molecule has 0 radical (unpaired) electrons. The van der Waals surface area contributed by atoms with Gasteiger partial charge in [-0.05, 0) is 31.9 Å². The normalized spacial score (nSPS) is 15.4. The van der Waals surface area contributed by atoms with Gasteiger partial charge in [-0.2, -0.15) is 13.1 Å². The number of aromatic nitrogens is 2. The maximum absolute atomic E-state index is 12.7. The minimum Gasteiger partial charge on any atom is -0.455 e. The molecule has 1 aliphatic heterocycles.